The first-order valence-corrected chi connectivity index (χ1v) is 10.1. The van der Waals surface area contributed by atoms with Crippen molar-refractivity contribution in [2.45, 2.75) is 32.2 Å². The Morgan fingerprint density at radius 3 is 2.18 bits per heavy atom. The van der Waals surface area contributed by atoms with Gasteiger partial charge in [-0.05, 0) is 37.1 Å². The summed E-state index contributed by atoms with van der Waals surface area (Å²) in [6, 6.07) is 19.8. The number of aliphatic imine (C=N–C) groups is 1. The molecule has 5 heteroatoms. The van der Waals surface area contributed by atoms with Gasteiger partial charge in [0.15, 0.2) is 5.96 Å². The summed E-state index contributed by atoms with van der Waals surface area (Å²) in [7, 11) is 0. The number of likely N-dealkylation sites (tertiary alicyclic amines) is 1. The molecular weight excluding hydrogens is 348 g/mol. The number of rotatable bonds is 7. The number of guanidine groups is 1. The first-order chi connectivity index (χ1) is 13.7. The van der Waals surface area contributed by atoms with Crippen LogP contribution in [-0.4, -0.2) is 47.8 Å². The number of hydrogen-bond acceptors (Lipinski definition) is 3. The third-order valence-electron chi connectivity index (χ3n) is 5.13. The molecular formula is C23H30N4O. The third kappa shape index (κ3) is 6.20. The van der Waals surface area contributed by atoms with Crippen molar-refractivity contribution in [1.29, 1.82) is 0 Å². The number of benzene rings is 2. The molecule has 0 bridgehead atoms. The van der Waals surface area contributed by atoms with Crippen molar-refractivity contribution in [3.05, 3.63) is 71.8 Å². The molecule has 1 aliphatic rings. The van der Waals surface area contributed by atoms with E-state index >= 15 is 0 Å². The Hall–Kier alpha value is -2.66. The van der Waals surface area contributed by atoms with Gasteiger partial charge in [0, 0.05) is 13.1 Å². The zero-order chi connectivity index (χ0) is 19.6. The molecule has 1 fully saturated rings. The second kappa shape index (κ2) is 10.6. The molecule has 0 saturated carbocycles. The van der Waals surface area contributed by atoms with Crippen LogP contribution in [0, 0.1) is 0 Å². The number of piperidine rings is 1. The number of nitrogens with zero attached hydrogens (tertiary/aromatic N) is 3. The lowest BCUT2D eigenvalue weighted by molar-refractivity contribution is -0.126. The minimum atomic E-state index is -0.00230. The topological polar surface area (TPSA) is 61.9 Å². The summed E-state index contributed by atoms with van der Waals surface area (Å²) in [6.45, 7) is 4.09. The van der Waals surface area contributed by atoms with Crippen LogP contribution >= 0.6 is 0 Å². The molecule has 2 N–H and O–H groups in total. The van der Waals surface area contributed by atoms with Crippen molar-refractivity contribution in [3.8, 4) is 0 Å². The number of amides is 1. The minimum absolute atomic E-state index is 0.00230. The van der Waals surface area contributed by atoms with E-state index in [0.717, 1.165) is 30.8 Å². The molecule has 0 aliphatic carbocycles. The standard InChI is InChI=1S/C23H30N4O/c24-23(25-19-21-12-6-2-7-13-21)27(17-16-26-14-8-3-9-15-26)22(28)18-20-10-4-1-5-11-20/h1-2,4-7,10-13H,3,8-9,14-19H2,(H2,24,25). The van der Waals surface area contributed by atoms with E-state index < -0.39 is 0 Å². The van der Waals surface area contributed by atoms with Gasteiger partial charge in [-0.1, -0.05) is 67.1 Å². The quantitative estimate of drug-likeness (QED) is 0.595. The van der Waals surface area contributed by atoms with E-state index in [-0.39, 0.29) is 5.91 Å². The van der Waals surface area contributed by atoms with E-state index in [4.69, 9.17) is 5.73 Å². The van der Waals surface area contributed by atoms with E-state index in [0.29, 0.717) is 25.5 Å². The summed E-state index contributed by atoms with van der Waals surface area (Å²) in [4.78, 5) is 21.6. The molecule has 0 spiro atoms. The predicted molar refractivity (Wildman–Crippen MR) is 114 cm³/mol. The van der Waals surface area contributed by atoms with Gasteiger partial charge in [-0.2, -0.15) is 0 Å². The normalized spacial score (nSPS) is 15.4. The second-order valence-electron chi connectivity index (χ2n) is 7.27. The molecule has 1 saturated heterocycles. The van der Waals surface area contributed by atoms with E-state index in [1.807, 2.05) is 60.7 Å². The summed E-state index contributed by atoms with van der Waals surface area (Å²) in [5.41, 5.74) is 8.35. The van der Waals surface area contributed by atoms with Gasteiger partial charge in [0.05, 0.1) is 13.0 Å². The van der Waals surface area contributed by atoms with Crippen LogP contribution in [0.2, 0.25) is 0 Å². The van der Waals surface area contributed by atoms with E-state index in [9.17, 15) is 4.79 Å². The van der Waals surface area contributed by atoms with E-state index in [2.05, 4.69) is 9.89 Å². The first-order valence-electron chi connectivity index (χ1n) is 10.1. The summed E-state index contributed by atoms with van der Waals surface area (Å²) in [5.74, 6) is 0.305. The molecule has 148 valence electrons. The van der Waals surface area contributed by atoms with Gasteiger partial charge in [0.2, 0.25) is 5.91 Å². The Kier molecular flexibility index (Phi) is 7.62. The Balaban J connectivity index is 1.67. The monoisotopic (exact) mass is 378 g/mol. The molecule has 5 nitrogen and oxygen atoms in total. The second-order valence-corrected chi connectivity index (χ2v) is 7.27. The molecule has 1 heterocycles. The molecule has 1 aliphatic heterocycles. The highest BCUT2D eigenvalue weighted by Crippen LogP contribution is 2.10. The van der Waals surface area contributed by atoms with E-state index in [1.165, 1.54) is 19.3 Å². The Labute approximate surface area is 167 Å². The van der Waals surface area contributed by atoms with Gasteiger partial charge < -0.3 is 10.6 Å². The van der Waals surface area contributed by atoms with Crippen LogP contribution in [0.1, 0.15) is 30.4 Å². The van der Waals surface area contributed by atoms with Crippen molar-refractivity contribution < 1.29 is 4.79 Å². The molecule has 2 aromatic carbocycles. The molecule has 0 radical (unpaired) electrons. The molecule has 1 amide bonds. The maximum atomic E-state index is 13.0. The Morgan fingerprint density at radius 2 is 1.54 bits per heavy atom. The number of hydrogen-bond donors (Lipinski definition) is 1. The summed E-state index contributed by atoms with van der Waals surface area (Å²) < 4.78 is 0. The number of carbonyl (C=O) groups excluding carboxylic acids is 1. The number of carbonyl (C=O) groups is 1. The van der Waals surface area contributed by atoms with Crippen molar-refractivity contribution in [2.24, 2.45) is 10.7 Å². The van der Waals surface area contributed by atoms with Crippen LogP contribution in [0.5, 0.6) is 0 Å². The summed E-state index contributed by atoms with van der Waals surface area (Å²) in [6.07, 6.45) is 4.10. The molecule has 0 atom stereocenters. The van der Waals surface area contributed by atoms with Gasteiger partial charge >= 0.3 is 0 Å². The lowest BCUT2D eigenvalue weighted by Crippen LogP contribution is -2.47. The van der Waals surface area contributed by atoms with Crippen molar-refractivity contribution >= 4 is 11.9 Å². The lowest BCUT2D eigenvalue weighted by atomic mass is 10.1. The zero-order valence-electron chi connectivity index (χ0n) is 16.5. The first kappa shape index (κ1) is 20.1. The largest absolute Gasteiger partial charge is 0.369 e. The smallest absolute Gasteiger partial charge is 0.233 e. The molecule has 3 rings (SSSR count). The molecule has 2 aromatic rings. The van der Waals surface area contributed by atoms with Crippen LogP contribution in [0.3, 0.4) is 0 Å². The van der Waals surface area contributed by atoms with Gasteiger partial charge in [-0.15, -0.1) is 0 Å². The zero-order valence-corrected chi connectivity index (χ0v) is 16.5. The average molecular weight is 379 g/mol. The van der Waals surface area contributed by atoms with Gasteiger partial charge in [-0.3, -0.25) is 9.69 Å². The van der Waals surface area contributed by atoms with Crippen LogP contribution in [0.25, 0.3) is 0 Å². The van der Waals surface area contributed by atoms with Crippen molar-refractivity contribution in [3.63, 3.8) is 0 Å². The highest BCUT2D eigenvalue weighted by molar-refractivity contribution is 5.97. The van der Waals surface area contributed by atoms with Gasteiger partial charge in [0.25, 0.3) is 0 Å². The summed E-state index contributed by atoms with van der Waals surface area (Å²) >= 11 is 0. The Bertz CT molecular complexity index is 755. The fourth-order valence-electron chi connectivity index (χ4n) is 3.50. The maximum absolute atomic E-state index is 13.0. The Morgan fingerprint density at radius 1 is 0.929 bits per heavy atom. The van der Waals surface area contributed by atoms with Gasteiger partial charge in [-0.25, -0.2) is 4.99 Å². The summed E-state index contributed by atoms with van der Waals surface area (Å²) in [5, 5.41) is 0. The highest BCUT2D eigenvalue weighted by Gasteiger charge is 2.19. The SMILES string of the molecule is NC(=NCc1ccccc1)N(CCN1CCCCC1)C(=O)Cc1ccccc1. The fourth-order valence-corrected chi connectivity index (χ4v) is 3.50. The van der Waals surface area contributed by atoms with Crippen molar-refractivity contribution in [1.82, 2.24) is 9.80 Å². The third-order valence-corrected chi connectivity index (χ3v) is 5.13. The van der Waals surface area contributed by atoms with E-state index in [1.54, 1.807) is 4.90 Å². The highest BCUT2D eigenvalue weighted by atomic mass is 16.2. The van der Waals surface area contributed by atoms with Crippen molar-refractivity contribution in [2.75, 3.05) is 26.2 Å². The molecule has 28 heavy (non-hydrogen) atoms. The molecule has 0 unspecified atom stereocenters. The van der Waals surface area contributed by atoms with Gasteiger partial charge in [0.1, 0.15) is 0 Å². The lowest BCUT2D eigenvalue weighted by Gasteiger charge is -2.29. The number of nitrogens with two attached hydrogens (primary N) is 1. The molecule has 0 aromatic heterocycles. The minimum Gasteiger partial charge on any atom is -0.369 e. The van der Waals surface area contributed by atoms with Crippen LogP contribution in [0.4, 0.5) is 0 Å². The predicted octanol–water partition coefficient (Wildman–Crippen LogP) is 3.06. The maximum Gasteiger partial charge on any atom is 0.233 e. The fraction of sp³-hybridized carbons (Fsp3) is 0.391. The van der Waals surface area contributed by atoms with Crippen LogP contribution < -0.4 is 5.73 Å². The average Bonchev–Trinajstić information content (AvgIpc) is 2.74. The van der Waals surface area contributed by atoms with Crippen LogP contribution in [-0.2, 0) is 17.8 Å². The van der Waals surface area contributed by atoms with Crippen LogP contribution in [0.15, 0.2) is 65.7 Å².